The number of aliphatic hydroxyl groups is 1. The fraction of sp³-hybridized carbons (Fsp3) is 0.375. The van der Waals surface area contributed by atoms with Crippen LogP contribution >= 0.6 is 0 Å². The molecule has 23 heavy (non-hydrogen) atoms. The van der Waals surface area contributed by atoms with Crippen molar-refractivity contribution in [1.29, 1.82) is 0 Å². The molecule has 2 aromatic rings. The second kappa shape index (κ2) is 6.70. The first-order valence-electron chi connectivity index (χ1n) is 7.02. The van der Waals surface area contributed by atoms with E-state index in [0.29, 0.717) is 17.2 Å². The van der Waals surface area contributed by atoms with Crippen molar-refractivity contribution in [2.45, 2.75) is 19.4 Å². The van der Waals surface area contributed by atoms with Gasteiger partial charge in [0, 0.05) is 11.6 Å². The first kappa shape index (κ1) is 16.8. The van der Waals surface area contributed by atoms with Gasteiger partial charge in [0.2, 0.25) is 5.76 Å². The number of carbonyl (C=O) groups is 1. The number of rotatable bonds is 6. The number of benzene rings is 1. The predicted molar refractivity (Wildman–Crippen MR) is 83.7 cm³/mol. The van der Waals surface area contributed by atoms with Crippen LogP contribution < -0.4 is 14.8 Å². The number of nitrogens with zero attached hydrogens (tertiary/aromatic N) is 1. The van der Waals surface area contributed by atoms with Gasteiger partial charge in [-0.2, -0.15) is 0 Å². The summed E-state index contributed by atoms with van der Waals surface area (Å²) in [7, 11) is 3.10. The molecule has 1 aromatic heterocycles. The van der Waals surface area contributed by atoms with Crippen molar-refractivity contribution >= 4 is 5.91 Å². The van der Waals surface area contributed by atoms with Crippen molar-refractivity contribution in [2.75, 3.05) is 20.8 Å². The maximum Gasteiger partial charge on any atom is 0.290 e. The molecule has 2 N–H and O–H groups in total. The summed E-state index contributed by atoms with van der Waals surface area (Å²) in [6.45, 7) is 3.22. The lowest BCUT2D eigenvalue weighted by atomic mass is 10.1. The first-order valence-corrected chi connectivity index (χ1v) is 7.02. The third-order valence-electron chi connectivity index (χ3n) is 3.26. The zero-order chi connectivity index (χ0) is 17.0. The maximum absolute atomic E-state index is 12.1. The number of aliphatic hydroxyl groups excluding tert-OH is 1. The third-order valence-corrected chi connectivity index (χ3v) is 3.26. The minimum Gasteiger partial charge on any atom is -0.493 e. The van der Waals surface area contributed by atoms with E-state index < -0.39 is 11.4 Å². The predicted octanol–water partition coefficient (Wildman–Crippen LogP) is 1.86. The van der Waals surface area contributed by atoms with Gasteiger partial charge in [0.1, 0.15) is 5.69 Å². The Balaban J connectivity index is 2.24. The summed E-state index contributed by atoms with van der Waals surface area (Å²) in [6.07, 6.45) is 0. The molecule has 2 rings (SSSR count). The van der Waals surface area contributed by atoms with Crippen LogP contribution in [0.2, 0.25) is 0 Å². The van der Waals surface area contributed by atoms with Gasteiger partial charge in [0.05, 0.1) is 26.4 Å². The summed E-state index contributed by atoms with van der Waals surface area (Å²) in [5, 5.41) is 15.8. The molecule has 0 aliphatic rings. The van der Waals surface area contributed by atoms with E-state index in [2.05, 4.69) is 10.5 Å². The Morgan fingerprint density at radius 2 is 1.96 bits per heavy atom. The molecular weight excluding hydrogens is 300 g/mol. The topological polar surface area (TPSA) is 93.8 Å². The number of amides is 1. The summed E-state index contributed by atoms with van der Waals surface area (Å²) in [6, 6.07) is 6.82. The Morgan fingerprint density at radius 1 is 1.26 bits per heavy atom. The molecule has 0 bridgehead atoms. The molecule has 0 unspecified atom stereocenters. The van der Waals surface area contributed by atoms with Crippen LogP contribution in [0, 0.1) is 0 Å². The van der Waals surface area contributed by atoms with Gasteiger partial charge >= 0.3 is 0 Å². The van der Waals surface area contributed by atoms with E-state index in [1.807, 2.05) is 0 Å². The van der Waals surface area contributed by atoms with Crippen LogP contribution in [0.25, 0.3) is 11.3 Å². The van der Waals surface area contributed by atoms with Gasteiger partial charge in [-0.15, -0.1) is 0 Å². The van der Waals surface area contributed by atoms with Crippen LogP contribution in [0.3, 0.4) is 0 Å². The molecule has 124 valence electrons. The average molecular weight is 320 g/mol. The Kier molecular flexibility index (Phi) is 4.90. The van der Waals surface area contributed by atoms with Crippen LogP contribution in [-0.2, 0) is 0 Å². The van der Waals surface area contributed by atoms with Crippen LogP contribution in [-0.4, -0.2) is 42.5 Å². The zero-order valence-electron chi connectivity index (χ0n) is 13.5. The third kappa shape index (κ3) is 3.81. The van der Waals surface area contributed by atoms with E-state index in [9.17, 15) is 9.90 Å². The standard InChI is InChI=1S/C16H20N2O5/c1-16(2,9-19)17-15(20)14-8-11(18-23-14)10-5-6-12(21-3)13(7-10)22-4/h5-8,19H,9H2,1-4H3,(H,17,20). The highest BCUT2D eigenvalue weighted by molar-refractivity contribution is 5.92. The van der Waals surface area contributed by atoms with Crippen LogP contribution in [0.1, 0.15) is 24.4 Å². The molecule has 7 heteroatoms. The van der Waals surface area contributed by atoms with Crippen molar-refractivity contribution in [3.05, 3.63) is 30.0 Å². The Morgan fingerprint density at radius 3 is 2.57 bits per heavy atom. The van der Waals surface area contributed by atoms with Gasteiger partial charge in [-0.3, -0.25) is 4.79 Å². The Hall–Kier alpha value is -2.54. The number of hydrogen-bond donors (Lipinski definition) is 2. The second-order valence-corrected chi connectivity index (χ2v) is 5.64. The molecule has 0 saturated heterocycles. The van der Waals surface area contributed by atoms with E-state index in [1.165, 1.54) is 6.07 Å². The van der Waals surface area contributed by atoms with E-state index in [1.54, 1.807) is 46.3 Å². The summed E-state index contributed by atoms with van der Waals surface area (Å²) in [5.41, 5.74) is 0.484. The largest absolute Gasteiger partial charge is 0.493 e. The zero-order valence-corrected chi connectivity index (χ0v) is 13.5. The molecule has 7 nitrogen and oxygen atoms in total. The quantitative estimate of drug-likeness (QED) is 0.844. The molecule has 1 aromatic carbocycles. The smallest absolute Gasteiger partial charge is 0.290 e. The highest BCUT2D eigenvalue weighted by Gasteiger charge is 2.23. The van der Waals surface area contributed by atoms with E-state index in [4.69, 9.17) is 14.0 Å². The number of ether oxygens (including phenoxy) is 2. The number of methoxy groups -OCH3 is 2. The van der Waals surface area contributed by atoms with Crippen LogP contribution in [0.4, 0.5) is 0 Å². The molecule has 0 aliphatic heterocycles. The summed E-state index contributed by atoms with van der Waals surface area (Å²) in [5.74, 6) is 0.780. The van der Waals surface area contributed by atoms with Crippen molar-refractivity contribution in [2.24, 2.45) is 0 Å². The fourth-order valence-corrected chi connectivity index (χ4v) is 1.92. The van der Waals surface area contributed by atoms with Gasteiger partial charge in [-0.05, 0) is 32.0 Å². The Bertz CT molecular complexity index is 694. The van der Waals surface area contributed by atoms with E-state index in [0.717, 1.165) is 5.56 Å². The molecule has 0 fully saturated rings. The van der Waals surface area contributed by atoms with Crippen molar-refractivity contribution in [3.8, 4) is 22.8 Å². The highest BCUT2D eigenvalue weighted by Crippen LogP contribution is 2.32. The van der Waals surface area contributed by atoms with E-state index >= 15 is 0 Å². The fourth-order valence-electron chi connectivity index (χ4n) is 1.92. The summed E-state index contributed by atoms with van der Waals surface area (Å²) < 4.78 is 15.5. The number of nitrogens with one attached hydrogen (secondary N) is 1. The van der Waals surface area contributed by atoms with Crippen molar-refractivity contribution in [1.82, 2.24) is 10.5 Å². The molecule has 1 amide bonds. The van der Waals surface area contributed by atoms with Crippen LogP contribution in [0.15, 0.2) is 28.8 Å². The Labute approximate surface area is 134 Å². The van der Waals surface area contributed by atoms with Crippen LogP contribution in [0.5, 0.6) is 11.5 Å². The SMILES string of the molecule is COc1ccc(-c2cc(C(=O)NC(C)(C)CO)on2)cc1OC. The number of aromatic nitrogens is 1. The van der Waals surface area contributed by atoms with Gasteiger partial charge < -0.3 is 24.4 Å². The molecule has 0 aliphatic carbocycles. The monoisotopic (exact) mass is 320 g/mol. The molecule has 0 atom stereocenters. The first-order chi connectivity index (χ1) is 10.9. The maximum atomic E-state index is 12.1. The molecule has 0 spiro atoms. The van der Waals surface area contributed by atoms with E-state index in [-0.39, 0.29) is 12.4 Å². The molecule has 1 heterocycles. The minimum atomic E-state index is -0.743. The summed E-state index contributed by atoms with van der Waals surface area (Å²) >= 11 is 0. The number of carbonyl (C=O) groups excluding carboxylic acids is 1. The van der Waals surface area contributed by atoms with Crippen molar-refractivity contribution in [3.63, 3.8) is 0 Å². The average Bonchev–Trinajstić information content (AvgIpc) is 3.04. The highest BCUT2D eigenvalue weighted by atomic mass is 16.5. The lowest BCUT2D eigenvalue weighted by Crippen LogP contribution is -2.46. The van der Waals surface area contributed by atoms with Gasteiger partial charge in [-0.25, -0.2) is 0 Å². The van der Waals surface area contributed by atoms with Gasteiger partial charge in [0.15, 0.2) is 11.5 Å². The normalized spacial score (nSPS) is 11.2. The molecule has 0 radical (unpaired) electrons. The van der Waals surface area contributed by atoms with Gasteiger partial charge in [0.25, 0.3) is 5.91 Å². The molecular formula is C16H20N2O5. The van der Waals surface area contributed by atoms with Crippen molar-refractivity contribution < 1.29 is 23.9 Å². The lowest BCUT2D eigenvalue weighted by Gasteiger charge is -2.22. The lowest BCUT2D eigenvalue weighted by molar-refractivity contribution is 0.0832. The minimum absolute atomic E-state index is 0.0660. The molecule has 0 saturated carbocycles. The summed E-state index contributed by atoms with van der Waals surface area (Å²) in [4.78, 5) is 12.1. The van der Waals surface area contributed by atoms with Gasteiger partial charge in [-0.1, -0.05) is 5.16 Å². The second-order valence-electron chi connectivity index (χ2n) is 5.64. The number of hydrogen-bond acceptors (Lipinski definition) is 6.